The molecule has 0 aliphatic heterocycles. The molecule has 0 aliphatic carbocycles. The molecule has 0 saturated heterocycles. The molecule has 6 heteroatoms. The second-order valence-corrected chi connectivity index (χ2v) is 4.55. The second kappa shape index (κ2) is 6.81. The summed E-state index contributed by atoms with van der Waals surface area (Å²) in [6.07, 6.45) is 0.788. The fourth-order valence-corrected chi connectivity index (χ4v) is 1.91. The van der Waals surface area contributed by atoms with Gasteiger partial charge in [-0.3, -0.25) is 10.1 Å². The molecule has 0 fully saturated rings. The van der Waals surface area contributed by atoms with E-state index in [1.165, 1.54) is 12.1 Å². The van der Waals surface area contributed by atoms with Gasteiger partial charge in [-0.05, 0) is 42.3 Å². The van der Waals surface area contributed by atoms with Gasteiger partial charge in [-0.2, -0.15) is 0 Å². The Bertz CT molecular complexity index is 629. The predicted octanol–water partition coefficient (Wildman–Crippen LogP) is 2.81. The van der Waals surface area contributed by atoms with Gasteiger partial charge in [-0.1, -0.05) is 12.1 Å². The van der Waals surface area contributed by atoms with Crippen molar-refractivity contribution >= 4 is 5.69 Å². The zero-order valence-corrected chi connectivity index (χ0v) is 11.3. The van der Waals surface area contributed by atoms with Gasteiger partial charge in [-0.25, -0.2) is 4.39 Å². The Morgan fingerprint density at radius 3 is 2.48 bits per heavy atom. The summed E-state index contributed by atoms with van der Waals surface area (Å²) in [4.78, 5) is 10.0. The molecule has 2 N–H and O–H groups in total. The van der Waals surface area contributed by atoms with Gasteiger partial charge in [0, 0.05) is 6.07 Å². The van der Waals surface area contributed by atoms with Crippen molar-refractivity contribution < 1.29 is 14.1 Å². The number of nitrogens with zero attached hydrogens (tertiary/aromatic N) is 1. The van der Waals surface area contributed by atoms with Crippen LogP contribution in [0.25, 0.3) is 0 Å². The Kier molecular flexibility index (Phi) is 4.84. The maximum Gasteiger partial charge on any atom is 0.272 e. The van der Waals surface area contributed by atoms with Crippen LogP contribution < -0.4 is 10.5 Å². The number of benzene rings is 2. The molecule has 0 spiro atoms. The van der Waals surface area contributed by atoms with Crippen molar-refractivity contribution in [3.63, 3.8) is 0 Å². The molecular formula is C15H15FN2O3. The zero-order valence-electron chi connectivity index (χ0n) is 11.3. The molecule has 2 rings (SSSR count). The van der Waals surface area contributed by atoms with Gasteiger partial charge < -0.3 is 10.5 Å². The average Bonchev–Trinajstić information content (AvgIpc) is 2.46. The largest absolute Gasteiger partial charge is 0.489 e. The number of non-ortho nitro benzene ring substituents is 1. The lowest BCUT2D eigenvalue weighted by Crippen LogP contribution is -2.02. The van der Waals surface area contributed by atoms with E-state index in [9.17, 15) is 14.5 Å². The first kappa shape index (κ1) is 14.9. The first-order valence-electron chi connectivity index (χ1n) is 6.44. The lowest BCUT2D eigenvalue weighted by Gasteiger charge is -2.07. The number of nitrogens with two attached hydrogens (primary N) is 1. The van der Waals surface area contributed by atoms with Crippen molar-refractivity contribution in [1.82, 2.24) is 0 Å². The quantitative estimate of drug-likeness (QED) is 0.655. The Morgan fingerprint density at radius 2 is 1.86 bits per heavy atom. The second-order valence-electron chi connectivity index (χ2n) is 4.55. The minimum Gasteiger partial charge on any atom is -0.489 e. The van der Waals surface area contributed by atoms with Crippen LogP contribution in [0.1, 0.15) is 11.1 Å². The standard InChI is InChI=1S/C15H15FN2O3/c16-13-7-12(8-14(9-13)18(19)20)10-21-15-3-1-11(2-4-15)5-6-17/h1-4,7-9H,5-6,10,17H2. The summed E-state index contributed by atoms with van der Waals surface area (Å²) in [5, 5.41) is 10.7. The Labute approximate surface area is 121 Å². The molecule has 0 radical (unpaired) electrons. The SMILES string of the molecule is NCCc1ccc(OCc2cc(F)cc([N+](=O)[O-])c2)cc1. The minimum absolute atomic E-state index is 0.0643. The van der Waals surface area contributed by atoms with Gasteiger partial charge in [0.15, 0.2) is 0 Å². The fourth-order valence-electron chi connectivity index (χ4n) is 1.91. The summed E-state index contributed by atoms with van der Waals surface area (Å²) >= 11 is 0. The molecule has 0 amide bonds. The highest BCUT2D eigenvalue weighted by molar-refractivity contribution is 5.35. The van der Waals surface area contributed by atoms with Crippen LogP contribution in [0.2, 0.25) is 0 Å². The molecule has 21 heavy (non-hydrogen) atoms. The lowest BCUT2D eigenvalue weighted by molar-refractivity contribution is -0.385. The van der Waals surface area contributed by atoms with Crippen LogP contribution in [0.15, 0.2) is 42.5 Å². The molecule has 0 heterocycles. The topological polar surface area (TPSA) is 78.4 Å². The molecule has 0 aromatic heterocycles. The third-order valence-electron chi connectivity index (χ3n) is 2.92. The van der Waals surface area contributed by atoms with Crippen molar-refractivity contribution in [3.8, 4) is 5.75 Å². The number of rotatable bonds is 6. The fraction of sp³-hybridized carbons (Fsp3) is 0.200. The van der Waals surface area contributed by atoms with Gasteiger partial charge in [-0.15, -0.1) is 0 Å². The van der Waals surface area contributed by atoms with Gasteiger partial charge in [0.25, 0.3) is 5.69 Å². The number of ether oxygens (including phenoxy) is 1. The minimum atomic E-state index is -0.652. The molecule has 0 bridgehead atoms. The van der Waals surface area contributed by atoms with Crippen LogP contribution >= 0.6 is 0 Å². The first-order chi connectivity index (χ1) is 10.1. The van der Waals surface area contributed by atoms with Crippen LogP contribution in [-0.4, -0.2) is 11.5 Å². The van der Waals surface area contributed by atoms with E-state index < -0.39 is 10.7 Å². The molecule has 0 atom stereocenters. The summed E-state index contributed by atoms with van der Waals surface area (Å²) in [6.45, 7) is 0.641. The average molecular weight is 290 g/mol. The van der Waals surface area contributed by atoms with Gasteiger partial charge in [0.05, 0.1) is 11.0 Å². The van der Waals surface area contributed by atoms with E-state index in [2.05, 4.69) is 0 Å². The Morgan fingerprint density at radius 1 is 1.14 bits per heavy atom. The molecule has 110 valence electrons. The maximum absolute atomic E-state index is 13.3. The highest BCUT2D eigenvalue weighted by Crippen LogP contribution is 2.19. The lowest BCUT2D eigenvalue weighted by atomic mass is 10.1. The van der Waals surface area contributed by atoms with E-state index in [1.54, 1.807) is 12.1 Å². The molecule has 2 aromatic rings. The molecular weight excluding hydrogens is 275 g/mol. The van der Waals surface area contributed by atoms with Gasteiger partial charge >= 0.3 is 0 Å². The highest BCUT2D eigenvalue weighted by atomic mass is 19.1. The molecule has 0 aliphatic rings. The van der Waals surface area contributed by atoms with Crippen molar-refractivity contribution in [1.29, 1.82) is 0 Å². The van der Waals surface area contributed by atoms with Crippen LogP contribution in [0, 0.1) is 15.9 Å². The van der Waals surface area contributed by atoms with Gasteiger partial charge in [0.1, 0.15) is 18.2 Å². The van der Waals surface area contributed by atoms with Crippen LogP contribution in [0.3, 0.4) is 0 Å². The van der Waals surface area contributed by atoms with E-state index >= 15 is 0 Å². The number of hydrogen-bond acceptors (Lipinski definition) is 4. The smallest absolute Gasteiger partial charge is 0.272 e. The summed E-state index contributed by atoms with van der Waals surface area (Å²) in [5.74, 6) is -0.0382. The monoisotopic (exact) mass is 290 g/mol. The van der Waals surface area contributed by atoms with Crippen LogP contribution in [0.4, 0.5) is 10.1 Å². The number of hydrogen-bond donors (Lipinski definition) is 1. The predicted molar refractivity (Wildman–Crippen MR) is 76.6 cm³/mol. The summed E-state index contributed by atoms with van der Waals surface area (Å²) in [5.41, 5.74) is 6.69. The molecule has 0 unspecified atom stereocenters. The molecule has 5 nitrogen and oxygen atoms in total. The summed E-state index contributed by atoms with van der Waals surface area (Å²) in [6, 6.07) is 10.8. The molecule has 0 saturated carbocycles. The summed E-state index contributed by atoms with van der Waals surface area (Å²) in [7, 11) is 0. The normalized spacial score (nSPS) is 10.4. The van der Waals surface area contributed by atoms with Crippen molar-refractivity contribution in [2.45, 2.75) is 13.0 Å². The first-order valence-corrected chi connectivity index (χ1v) is 6.44. The highest BCUT2D eigenvalue weighted by Gasteiger charge is 2.10. The van der Waals surface area contributed by atoms with E-state index in [-0.39, 0.29) is 12.3 Å². The van der Waals surface area contributed by atoms with E-state index in [1.807, 2.05) is 12.1 Å². The third-order valence-corrected chi connectivity index (χ3v) is 2.92. The zero-order chi connectivity index (χ0) is 15.2. The van der Waals surface area contributed by atoms with E-state index in [0.29, 0.717) is 17.9 Å². The Balaban J connectivity index is 2.04. The third kappa shape index (κ3) is 4.25. The number of nitro benzene ring substituents is 1. The summed E-state index contributed by atoms with van der Waals surface area (Å²) < 4.78 is 18.8. The van der Waals surface area contributed by atoms with Crippen molar-refractivity contribution in [2.24, 2.45) is 5.73 Å². The van der Waals surface area contributed by atoms with Crippen molar-refractivity contribution in [2.75, 3.05) is 6.54 Å². The Hall–Kier alpha value is -2.47. The van der Waals surface area contributed by atoms with Crippen LogP contribution in [0.5, 0.6) is 5.75 Å². The van der Waals surface area contributed by atoms with Gasteiger partial charge in [0.2, 0.25) is 0 Å². The van der Waals surface area contributed by atoms with Crippen LogP contribution in [-0.2, 0) is 13.0 Å². The van der Waals surface area contributed by atoms with E-state index in [4.69, 9.17) is 10.5 Å². The number of halogens is 1. The maximum atomic E-state index is 13.3. The van der Waals surface area contributed by atoms with Crippen molar-refractivity contribution in [3.05, 3.63) is 69.5 Å². The number of nitro groups is 1. The molecule has 2 aromatic carbocycles. The van der Waals surface area contributed by atoms with E-state index in [0.717, 1.165) is 18.1 Å².